The molecule has 1 aromatic heterocycles. The molecule has 0 saturated carbocycles. The average molecular weight is 296 g/mol. The summed E-state index contributed by atoms with van der Waals surface area (Å²) in [7, 11) is 0. The molecule has 5 heteroatoms. The monoisotopic (exact) mass is 295 g/mol. The number of aromatic nitrogens is 1. The largest absolute Gasteiger partial charge is 0.381 e. The molecule has 0 aliphatic carbocycles. The maximum atomic E-state index is 9.30. The van der Waals surface area contributed by atoms with Gasteiger partial charge in [0.25, 0.3) is 0 Å². The molecule has 0 spiro atoms. The first-order valence-corrected chi connectivity index (χ1v) is 6.39. The zero-order valence-electron chi connectivity index (χ0n) is 9.45. The summed E-state index contributed by atoms with van der Waals surface area (Å²) in [6.07, 6.45) is 1.56. The maximum absolute atomic E-state index is 9.30. The Labute approximate surface area is 109 Å². The first-order valence-electron chi connectivity index (χ1n) is 5.60. The lowest BCUT2D eigenvalue weighted by Crippen LogP contribution is -2.34. The number of hydrogen-bond acceptors (Lipinski definition) is 4. The van der Waals surface area contributed by atoms with E-state index in [9.17, 15) is 5.26 Å². The zero-order valence-corrected chi connectivity index (χ0v) is 11.0. The van der Waals surface area contributed by atoms with Crippen molar-refractivity contribution in [3.05, 3.63) is 22.8 Å². The molecular formula is C12H14BrN3O. The minimum atomic E-state index is -0.317. The number of ether oxygens (including phenoxy) is 1. The molecular weight excluding hydrogens is 282 g/mol. The Morgan fingerprint density at radius 2 is 2.24 bits per heavy atom. The van der Waals surface area contributed by atoms with Crippen LogP contribution in [0.4, 0.5) is 5.82 Å². The van der Waals surface area contributed by atoms with Gasteiger partial charge in [-0.1, -0.05) is 6.07 Å². The molecule has 1 fully saturated rings. The van der Waals surface area contributed by atoms with E-state index in [1.165, 1.54) is 0 Å². The van der Waals surface area contributed by atoms with Gasteiger partial charge in [-0.25, -0.2) is 4.98 Å². The van der Waals surface area contributed by atoms with Gasteiger partial charge in [0.05, 0.1) is 11.5 Å². The molecule has 1 N–H and O–H groups in total. The molecule has 2 rings (SSSR count). The average Bonchev–Trinajstić information content (AvgIpc) is 2.38. The van der Waals surface area contributed by atoms with E-state index in [4.69, 9.17) is 4.74 Å². The number of anilines is 1. The van der Waals surface area contributed by atoms with Crippen LogP contribution in [0, 0.1) is 16.7 Å². The Hall–Kier alpha value is -1.12. The van der Waals surface area contributed by atoms with E-state index in [0.717, 1.165) is 23.3 Å². The van der Waals surface area contributed by atoms with E-state index in [0.29, 0.717) is 19.8 Å². The lowest BCUT2D eigenvalue weighted by Gasteiger charge is -2.30. The maximum Gasteiger partial charge on any atom is 0.127 e. The highest BCUT2D eigenvalue weighted by Crippen LogP contribution is 2.29. The van der Waals surface area contributed by atoms with Crippen molar-refractivity contribution in [2.75, 3.05) is 25.1 Å². The Morgan fingerprint density at radius 1 is 1.47 bits per heavy atom. The van der Waals surface area contributed by atoms with Crippen LogP contribution >= 0.6 is 15.9 Å². The Bertz CT molecular complexity index is 424. The molecule has 1 saturated heterocycles. The molecule has 1 aliphatic heterocycles. The van der Waals surface area contributed by atoms with Gasteiger partial charge in [0.15, 0.2) is 0 Å². The highest BCUT2D eigenvalue weighted by atomic mass is 79.9. The SMILES string of the molecule is N#CC1(CNc2cccc(Br)n2)CCOCC1. The predicted octanol–water partition coefficient (Wildman–Crippen LogP) is 2.58. The number of nitrogens with one attached hydrogen (secondary N) is 1. The highest BCUT2D eigenvalue weighted by Gasteiger charge is 2.32. The lowest BCUT2D eigenvalue weighted by atomic mass is 9.82. The standard InChI is InChI=1S/C12H14BrN3O/c13-10-2-1-3-11(16-10)15-9-12(8-14)4-6-17-7-5-12/h1-3H,4-7,9H2,(H,15,16). The van der Waals surface area contributed by atoms with Gasteiger partial charge in [-0.15, -0.1) is 0 Å². The van der Waals surface area contributed by atoms with Crippen LogP contribution in [0.1, 0.15) is 12.8 Å². The van der Waals surface area contributed by atoms with Gasteiger partial charge in [-0.2, -0.15) is 5.26 Å². The third-order valence-electron chi connectivity index (χ3n) is 3.01. The molecule has 0 aromatic carbocycles. The lowest BCUT2D eigenvalue weighted by molar-refractivity contribution is 0.0455. The van der Waals surface area contributed by atoms with E-state index in [1.807, 2.05) is 18.2 Å². The molecule has 1 aromatic rings. The van der Waals surface area contributed by atoms with Gasteiger partial charge in [0.2, 0.25) is 0 Å². The van der Waals surface area contributed by atoms with Crippen molar-refractivity contribution in [2.45, 2.75) is 12.8 Å². The Balaban J connectivity index is 1.98. The number of nitrogens with zero attached hydrogens (tertiary/aromatic N) is 2. The van der Waals surface area contributed by atoms with Crippen molar-refractivity contribution in [3.8, 4) is 6.07 Å². The van der Waals surface area contributed by atoms with Gasteiger partial charge in [0.1, 0.15) is 10.4 Å². The normalized spacial score (nSPS) is 18.4. The van der Waals surface area contributed by atoms with E-state index in [2.05, 4.69) is 32.3 Å². The first-order chi connectivity index (χ1) is 8.24. The summed E-state index contributed by atoms with van der Waals surface area (Å²) in [5, 5.41) is 12.5. The molecule has 0 radical (unpaired) electrons. The summed E-state index contributed by atoms with van der Waals surface area (Å²) < 4.78 is 6.09. The van der Waals surface area contributed by atoms with Gasteiger partial charge < -0.3 is 10.1 Å². The molecule has 1 aliphatic rings. The second-order valence-electron chi connectivity index (χ2n) is 4.20. The fraction of sp³-hybridized carbons (Fsp3) is 0.500. The highest BCUT2D eigenvalue weighted by molar-refractivity contribution is 9.10. The summed E-state index contributed by atoms with van der Waals surface area (Å²) in [5.41, 5.74) is -0.317. The molecule has 0 unspecified atom stereocenters. The second-order valence-corrected chi connectivity index (χ2v) is 5.02. The van der Waals surface area contributed by atoms with Crippen LogP contribution in [0.3, 0.4) is 0 Å². The van der Waals surface area contributed by atoms with Gasteiger partial charge >= 0.3 is 0 Å². The predicted molar refractivity (Wildman–Crippen MR) is 68.5 cm³/mol. The van der Waals surface area contributed by atoms with Crippen LogP contribution in [-0.2, 0) is 4.74 Å². The van der Waals surface area contributed by atoms with Crippen LogP contribution in [0.5, 0.6) is 0 Å². The minimum Gasteiger partial charge on any atom is -0.381 e. The summed E-state index contributed by atoms with van der Waals surface area (Å²) in [6.45, 7) is 1.96. The van der Waals surface area contributed by atoms with Crippen molar-refractivity contribution in [3.63, 3.8) is 0 Å². The van der Waals surface area contributed by atoms with Crippen molar-refractivity contribution >= 4 is 21.7 Å². The number of halogens is 1. The summed E-state index contributed by atoms with van der Waals surface area (Å²) in [6, 6.07) is 8.11. The van der Waals surface area contributed by atoms with E-state index >= 15 is 0 Å². The van der Waals surface area contributed by atoms with Crippen molar-refractivity contribution in [2.24, 2.45) is 5.41 Å². The number of nitriles is 1. The summed E-state index contributed by atoms with van der Waals surface area (Å²) in [4.78, 5) is 4.29. The van der Waals surface area contributed by atoms with E-state index in [1.54, 1.807) is 0 Å². The van der Waals surface area contributed by atoms with Crippen LogP contribution in [0.2, 0.25) is 0 Å². The minimum absolute atomic E-state index is 0.317. The third kappa shape index (κ3) is 3.18. The fourth-order valence-electron chi connectivity index (χ4n) is 1.86. The van der Waals surface area contributed by atoms with Crippen molar-refractivity contribution in [1.82, 2.24) is 4.98 Å². The third-order valence-corrected chi connectivity index (χ3v) is 3.45. The summed E-state index contributed by atoms with van der Waals surface area (Å²) in [5.74, 6) is 0.792. The summed E-state index contributed by atoms with van der Waals surface area (Å²) >= 11 is 3.32. The van der Waals surface area contributed by atoms with Crippen LogP contribution in [0.15, 0.2) is 22.8 Å². The van der Waals surface area contributed by atoms with E-state index in [-0.39, 0.29) is 5.41 Å². The number of hydrogen-bond donors (Lipinski definition) is 1. The Morgan fingerprint density at radius 3 is 2.88 bits per heavy atom. The first kappa shape index (κ1) is 12.3. The smallest absolute Gasteiger partial charge is 0.127 e. The van der Waals surface area contributed by atoms with Crippen LogP contribution < -0.4 is 5.32 Å². The van der Waals surface area contributed by atoms with Crippen LogP contribution in [-0.4, -0.2) is 24.7 Å². The van der Waals surface area contributed by atoms with Gasteiger partial charge in [-0.3, -0.25) is 0 Å². The molecule has 0 atom stereocenters. The zero-order chi connectivity index (χ0) is 12.1. The molecule has 4 nitrogen and oxygen atoms in total. The molecule has 90 valence electrons. The molecule has 0 amide bonds. The molecule has 17 heavy (non-hydrogen) atoms. The molecule has 2 heterocycles. The second kappa shape index (κ2) is 5.48. The van der Waals surface area contributed by atoms with E-state index < -0.39 is 0 Å². The fourth-order valence-corrected chi connectivity index (χ4v) is 2.20. The van der Waals surface area contributed by atoms with Crippen LogP contribution in [0.25, 0.3) is 0 Å². The van der Waals surface area contributed by atoms with Gasteiger partial charge in [-0.05, 0) is 40.9 Å². The van der Waals surface area contributed by atoms with Crippen molar-refractivity contribution in [1.29, 1.82) is 5.26 Å². The quantitative estimate of drug-likeness (QED) is 0.871. The number of pyridine rings is 1. The molecule has 0 bridgehead atoms. The number of rotatable bonds is 3. The topological polar surface area (TPSA) is 57.9 Å². The van der Waals surface area contributed by atoms with Gasteiger partial charge in [0, 0.05) is 19.8 Å². The van der Waals surface area contributed by atoms with Crippen molar-refractivity contribution < 1.29 is 4.74 Å². The Kier molecular flexibility index (Phi) is 3.97.